The lowest BCUT2D eigenvalue weighted by Crippen LogP contribution is -2.26. The van der Waals surface area contributed by atoms with Gasteiger partial charge in [-0.2, -0.15) is 5.10 Å². The summed E-state index contributed by atoms with van der Waals surface area (Å²) in [5, 5.41) is 8.87. The summed E-state index contributed by atoms with van der Waals surface area (Å²) in [6, 6.07) is 10.5. The SMILES string of the molecule is CCCNC(Cc1cccc(Cl)c1)c1ccnn1CCC. The zero-order chi connectivity index (χ0) is 15.1. The Kier molecular flexibility index (Phi) is 6.27. The number of nitrogens with one attached hydrogen (secondary N) is 1. The van der Waals surface area contributed by atoms with Crippen LogP contribution >= 0.6 is 11.6 Å². The van der Waals surface area contributed by atoms with Gasteiger partial charge in [0.2, 0.25) is 0 Å². The molecule has 0 saturated carbocycles. The van der Waals surface area contributed by atoms with Crippen molar-refractivity contribution in [2.75, 3.05) is 6.54 Å². The average Bonchev–Trinajstić information content (AvgIpc) is 2.92. The summed E-state index contributed by atoms with van der Waals surface area (Å²) < 4.78 is 2.11. The maximum Gasteiger partial charge on any atom is 0.0556 e. The Bertz CT molecular complexity index is 550. The van der Waals surface area contributed by atoms with Gasteiger partial charge in [0.25, 0.3) is 0 Å². The van der Waals surface area contributed by atoms with E-state index in [1.165, 1.54) is 11.3 Å². The van der Waals surface area contributed by atoms with Crippen molar-refractivity contribution in [2.24, 2.45) is 0 Å². The molecule has 0 fully saturated rings. The van der Waals surface area contributed by atoms with Crippen LogP contribution in [0.3, 0.4) is 0 Å². The Labute approximate surface area is 132 Å². The Morgan fingerprint density at radius 3 is 2.81 bits per heavy atom. The third kappa shape index (κ3) is 4.58. The summed E-state index contributed by atoms with van der Waals surface area (Å²) in [7, 11) is 0. The molecule has 0 radical (unpaired) electrons. The number of aromatic nitrogens is 2. The van der Waals surface area contributed by atoms with Crippen LogP contribution in [0.25, 0.3) is 0 Å². The van der Waals surface area contributed by atoms with Gasteiger partial charge in [0, 0.05) is 17.8 Å². The highest BCUT2D eigenvalue weighted by Gasteiger charge is 2.16. The van der Waals surface area contributed by atoms with Crippen molar-refractivity contribution in [3.8, 4) is 0 Å². The van der Waals surface area contributed by atoms with E-state index in [0.717, 1.165) is 37.4 Å². The molecule has 0 aliphatic carbocycles. The highest BCUT2D eigenvalue weighted by Crippen LogP contribution is 2.21. The van der Waals surface area contributed by atoms with Crippen LogP contribution in [0.15, 0.2) is 36.5 Å². The van der Waals surface area contributed by atoms with Gasteiger partial charge in [-0.3, -0.25) is 4.68 Å². The standard InChI is InChI=1S/C17H24ClN3/c1-3-9-19-16(13-14-6-5-7-15(18)12-14)17-8-10-20-21(17)11-4-2/h5-8,10,12,16,19H,3-4,9,11,13H2,1-2H3. The minimum absolute atomic E-state index is 0.275. The van der Waals surface area contributed by atoms with Crippen molar-refractivity contribution < 1.29 is 0 Å². The molecule has 1 atom stereocenters. The Morgan fingerprint density at radius 1 is 1.24 bits per heavy atom. The normalized spacial score (nSPS) is 12.5. The number of benzene rings is 1. The van der Waals surface area contributed by atoms with E-state index in [2.05, 4.69) is 41.1 Å². The molecular formula is C17H24ClN3. The van der Waals surface area contributed by atoms with Crippen molar-refractivity contribution in [1.29, 1.82) is 0 Å². The fourth-order valence-corrected chi connectivity index (χ4v) is 2.75. The molecule has 1 aromatic heterocycles. The van der Waals surface area contributed by atoms with Crippen LogP contribution < -0.4 is 5.32 Å². The average molecular weight is 306 g/mol. The largest absolute Gasteiger partial charge is 0.308 e. The van der Waals surface area contributed by atoms with Crippen LogP contribution in [0.5, 0.6) is 0 Å². The first-order chi connectivity index (χ1) is 10.2. The van der Waals surface area contributed by atoms with E-state index in [9.17, 15) is 0 Å². The molecule has 1 heterocycles. The Morgan fingerprint density at radius 2 is 2.10 bits per heavy atom. The lowest BCUT2D eigenvalue weighted by molar-refractivity contribution is 0.468. The first-order valence-corrected chi connectivity index (χ1v) is 8.12. The summed E-state index contributed by atoms with van der Waals surface area (Å²) in [5.41, 5.74) is 2.51. The van der Waals surface area contributed by atoms with E-state index in [0.29, 0.717) is 0 Å². The maximum absolute atomic E-state index is 6.10. The number of nitrogens with zero attached hydrogens (tertiary/aromatic N) is 2. The first-order valence-electron chi connectivity index (χ1n) is 7.74. The fourth-order valence-electron chi connectivity index (χ4n) is 2.54. The predicted molar refractivity (Wildman–Crippen MR) is 88.7 cm³/mol. The molecule has 0 bridgehead atoms. The molecule has 0 amide bonds. The van der Waals surface area contributed by atoms with E-state index < -0.39 is 0 Å². The maximum atomic E-state index is 6.10. The molecule has 1 N–H and O–H groups in total. The van der Waals surface area contributed by atoms with Crippen LogP contribution in [0, 0.1) is 0 Å². The topological polar surface area (TPSA) is 29.9 Å². The minimum Gasteiger partial charge on any atom is -0.308 e. The summed E-state index contributed by atoms with van der Waals surface area (Å²) in [6.07, 6.45) is 5.03. The second-order valence-corrected chi connectivity index (χ2v) is 5.76. The second kappa shape index (κ2) is 8.20. The third-order valence-corrected chi connectivity index (χ3v) is 3.75. The second-order valence-electron chi connectivity index (χ2n) is 5.32. The van der Waals surface area contributed by atoms with Crippen LogP contribution in [0.1, 0.15) is 44.0 Å². The van der Waals surface area contributed by atoms with E-state index in [1.54, 1.807) is 0 Å². The molecule has 0 aliphatic heterocycles. The molecule has 4 heteroatoms. The van der Waals surface area contributed by atoms with E-state index in [-0.39, 0.29) is 6.04 Å². The van der Waals surface area contributed by atoms with Crippen LogP contribution in [-0.2, 0) is 13.0 Å². The van der Waals surface area contributed by atoms with Crippen molar-refractivity contribution in [3.05, 3.63) is 52.8 Å². The highest BCUT2D eigenvalue weighted by atomic mass is 35.5. The Hall–Kier alpha value is -1.32. The summed E-state index contributed by atoms with van der Waals surface area (Å²) >= 11 is 6.10. The first kappa shape index (κ1) is 16.1. The molecule has 21 heavy (non-hydrogen) atoms. The Balaban J connectivity index is 2.19. The number of halogens is 1. The van der Waals surface area contributed by atoms with E-state index in [4.69, 9.17) is 11.6 Å². The molecule has 1 unspecified atom stereocenters. The van der Waals surface area contributed by atoms with Gasteiger partial charge in [-0.1, -0.05) is 37.6 Å². The van der Waals surface area contributed by atoms with Gasteiger partial charge in [-0.25, -0.2) is 0 Å². The molecule has 1 aromatic carbocycles. The zero-order valence-electron chi connectivity index (χ0n) is 12.8. The number of hydrogen-bond acceptors (Lipinski definition) is 2. The van der Waals surface area contributed by atoms with Crippen molar-refractivity contribution in [2.45, 2.75) is 45.7 Å². The van der Waals surface area contributed by atoms with E-state index in [1.807, 2.05) is 24.4 Å². The molecule has 2 rings (SSSR count). The van der Waals surface area contributed by atoms with Crippen LogP contribution in [0.4, 0.5) is 0 Å². The van der Waals surface area contributed by atoms with Crippen molar-refractivity contribution in [3.63, 3.8) is 0 Å². The molecule has 0 saturated heterocycles. The lowest BCUT2D eigenvalue weighted by atomic mass is 10.0. The number of rotatable bonds is 8. The van der Waals surface area contributed by atoms with Gasteiger partial charge >= 0.3 is 0 Å². The zero-order valence-corrected chi connectivity index (χ0v) is 13.6. The minimum atomic E-state index is 0.275. The van der Waals surface area contributed by atoms with Gasteiger partial charge in [0.05, 0.1) is 11.7 Å². The third-order valence-electron chi connectivity index (χ3n) is 3.51. The monoisotopic (exact) mass is 305 g/mol. The molecule has 3 nitrogen and oxygen atoms in total. The summed E-state index contributed by atoms with van der Waals surface area (Å²) in [5.74, 6) is 0. The molecule has 0 spiro atoms. The van der Waals surface area contributed by atoms with Gasteiger partial charge < -0.3 is 5.32 Å². The lowest BCUT2D eigenvalue weighted by Gasteiger charge is -2.20. The van der Waals surface area contributed by atoms with Gasteiger partial charge in [-0.15, -0.1) is 0 Å². The van der Waals surface area contributed by atoms with Crippen LogP contribution in [0.2, 0.25) is 5.02 Å². The van der Waals surface area contributed by atoms with Gasteiger partial charge in [0.1, 0.15) is 0 Å². The highest BCUT2D eigenvalue weighted by molar-refractivity contribution is 6.30. The predicted octanol–water partition coefficient (Wildman–Crippen LogP) is 4.23. The van der Waals surface area contributed by atoms with Gasteiger partial charge in [-0.05, 0) is 49.6 Å². The molecule has 114 valence electrons. The van der Waals surface area contributed by atoms with Crippen LogP contribution in [-0.4, -0.2) is 16.3 Å². The van der Waals surface area contributed by atoms with Crippen molar-refractivity contribution >= 4 is 11.6 Å². The molecule has 0 aliphatic rings. The molecular weight excluding hydrogens is 282 g/mol. The van der Waals surface area contributed by atoms with Gasteiger partial charge in [0.15, 0.2) is 0 Å². The summed E-state index contributed by atoms with van der Waals surface area (Å²) in [4.78, 5) is 0. The summed E-state index contributed by atoms with van der Waals surface area (Å²) in [6.45, 7) is 6.33. The fraction of sp³-hybridized carbons (Fsp3) is 0.471. The van der Waals surface area contributed by atoms with Crippen molar-refractivity contribution in [1.82, 2.24) is 15.1 Å². The van der Waals surface area contributed by atoms with E-state index >= 15 is 0 Å². The smallest absolute Gasteiger partial charge is 0.0556 e. The quantitative estimate of drug-likeness (QED) is 0.791. The number of aryl methyl sites for hydroxylation is 1. The molecule has 2 aromatic rings. The number of hydrogen-bond donors (Lipinski definition) is 1.